The number of nitrogens with two attached hydrogens (primary N) is 1. The highest BCUT2D eigenvalue weighted by molar-refractivity contribution is 5.67. The van der Waals surface area contributed by atoms with E-state index in [1.807, 2.05) is 0 Å². The molecule has 0 aliphatic carbocycles. The lowest BCUT2D eigenvalue weighted by Crippen LogP contribution is -2.17. The number of hydrogen-bond donors (Lipinski definition) is 2. The van der Waals surface area contributed by atoms with Gasteiger partial charge >= 0.3 is 0 Å². The molecule has 0 fully saturated rings. The van der Waals surface area contributed by atoms with E-state index in [1.165, 1.54) is 10.2 Å². The molecule has 18 heavy (non-hydrogen) atoms. The minimum Gasteiger partial charge on any atom is -0.330 e. The molecule has 2 rings (SSSR count). The standard InChI is InChI=1S/C14H19N3O/c1-9-4-5-11(10(2)8-9)13-12(6-7-15)14(18)17(3)16-13/h4-5,8,16H,6-7,15H2,1-3H3. The van der Waals surface area contributed by atoms with Gasteiger partial charge < -0.3 is 5.73 Å². The van der Waals surface area contributed by atoms with Crippen LogP contribution in [0.2, 0.25) is 0 Å². The number of rotatable bonds is 3. The summed E-state index contributed by atoms with van der Waals surface area (Å²) in [4.78, 5) is 12.0. The van der Waals surface area contributed by atoms with Crippen LogP contribution in [0.1, 0.15) is 16.7 Å². The molecule has 4 heteroatoms. The Kier molecular flexibility index (Phi) is 3.39. The summed E-state index contributed by atoms with van der Waals surface area (Å²) in [5, 5.41) is 3.12. The van der Waals surface area contributed by atoms with Crippen LogP contribution >= 0.6 is 0 Å². The Hall–Kier alpha value is -1.81. The molecule has 0 bridgehead atoms. The van der Waals surface area contributed by atoms with Crippen LogP contribution in [0.5, 0.6) is 0 Å². The molecule has 4 nitrogen and oxygen atoms in total. The average Bonchev–Trinajstić information content (AvgIpc) is 2.58. The third-order valence-corrected chi connectivity index (χ3v) is 3.19. The number of aromatic nitrogens is 2. The van der Waals surface area contributed by atoms with Crippen molar-refractivity contribution in [2.75, 3.05) is 6.54 Å². The van der Waals surface area contributed by atoms with Crippen LogP contribution in [0, 0.1) is 13.8 Å². The van der Waals surface area contributed by atoms with E-state index < -0.39 is 0 Å². The van der Waals surface area contributed by atoms with Crippen molar-refractivity contribution in [3.05, 3.63) is 45.2 Å². The van der Waals surface area contributed by atoms with Gasteiger partial charge in [0.05, 0.1) is 5.69 Å². The van der Waals surface area contributed by atoms with E-state index in [9.17, 15) is 4.79 Å². The molecule has 0 spiro atoms. The Morgan fingerprint density at radius 1 is 1.33 bits per heavy atom. The van der Waals surface area contributed by atoms with E-state index >= 15 is 0 Å². The van der Waals surface area contributed by atoms with Crippen LogP contribution in [0.15, 0.2) is 23.0 Å². The maximum Gasteiger partial charge on any atom is 0.270 e. The Bertz CT molecular complexity index is 622. The number of H-pyrrole nitrogens is 1. The molecule has 1 aromatic heterocycles. The molecule has 2 aromatic rings. The first-order valence-corrected chi connectivity index (χ1v) is 6.10. The number of hydrogen-bond acceptors (Lipinski definition) is 2. The monoisotopic (exact) mass is 245 g/mol. The summed E-state index contributed by atoms with van der Waals surface area (Å²) in [5.74, 6) is 0. The molecule has 0 aliphatic heterocycles. The number of nitrogens with zero attached hydrogens (tertiary/aromatic N) is 1. The summed E-state index contributed by atoms with van der Waals surface area (Å²) >= 11 is 0. The van der Waals surface area contributed by atoms with Gasteiger partial charge in [-0.1, -0.05) is 23.8 Å². The maximum atomic E-state index is 12.0. The van der Waals surface area contributed by atoms with Crippen molar-refractivity contribution in [1.29, 1.82) is 0 Å². The lowest BCUT2D eigenvalue weighted by atomic mass is 9.99. The Morgan fingerprint density at radius 2 is 2.06 bits per heavy atom. The highest BCUT2D eigenvalue weighted by Crippen LogP contribution is 2.24. The van der Waals surface area contributed by atoms with E-state index in [0.717, 1.165) is 22.4 Å². The summed E-state index contributed by atoms with van der Waals surface area (Å²) < 4.78 is 1.51. The molecule has 0 atom stereocenters. The van der Waals surface area contributed by atoms with Crippen molar-refractivity contribution in [2.24, 2.45) is 12.8 Å². The topological polar surface area (TPSA) is 63.8 Å². The van der Waals surface area contributed by atoms with Crippen LogP contribution in [-0.4, -0.2) is 16.3 Å². The summed E-state index contributed by atoms with van der Waals surface area (Å²) in [6, 6.07) is 6.22. The van der Waals surface area contributed by atoms with E-state index in [4.69, 9.17) is 5.73 Å². The predicted octanol–water partition coefficient (Wildman–Crippen LogP) is 1.50. The molecule has 0 radical (unpaired) electrons. The van der Waals surface area contributed by atoms with Gasteiger partial charge in [-0.3, -0.25) is 14.6 Å². The third kappa shape index (κ3) is 2.11. The molecular weight excluding hydrogens is 226 g/mol. The van der Waals surface area contributed by atoms with E-state index in [0.29, 0.717) is 13.0 Å². The van der Waals surface area contributed by atoms with Crippen LogP contribution in [-0.2, 0) is 13.5 Å². The highest BCUT2D eigenvalue weighted by atomic mass is 16.1. The smallest absolute Gasteiger partial charge is 0.270 e. The molecule has 0 saturated heterocycles. The fourth-order valence-corrected chi connectivity index (χ4v) is 2.29. The van der Waals surface area contributed by atoms with Gasteiger partial charge in [0.25, 0.3) is 5.56 Å². The zero-order valence-electron chi connectivity index (χ0n) is 11.1. The molecule has 0 aliphatic rings. The van der Waals surface area contributed by atoms with Crippen molar-refractivity contribution in [1.82, 2.24) is 9.78 Å². The predicted molar refractivity (Wildman–Crippen MR) is 73.7 cm³/mol. The lowest BCUT2D eigenvalue weighted by molar-refractivity contribution is 0.739. The zero-order chi connectivity index (χ0) is 13.3. The van der Waals surface area contributed by atoms with Crippen LogP contribution in [0.4, 0.5) is 0 Å². The van der Waals surface area contributed by atoms with Crippen LogP contribution in [0.3, 0.4) is 0 Å². The number of aryl methyl sites for hydroxylation is 3. The number of benzene rings is 1. The molecule has 96 valence electrons. The first-order valence-electron chi connectivity index (χ1n) is 6.10. The zero-order valence-corrected chi connectivity index (χ0v) is 11.1. The molecular formula is C14H19N3O. The molecule has 1 heterocycles. The van der Waals surface area contributed by atoms with Gasteiger partial charge in [-0.05, 0) is 32.4 Å². The SMILES string of the molecule is Cc1ccc(-c2[nH]n(C)c(=O)c2CCN)c(C)c1. The molecule has 0 unspecified atom stereocenters. The molecule has 3 N–H and O–H groups in total. The van der Waals surface area contributed by atoms with Crippen molar-refractivity contribution in [3.8, 4) is 11.3 Å². The van der Waals surface area contributed by atoms with E-state index in [-0.39, 0.29) is 5.56 Å². The second-order valence-electron chi connectivity index (χ2n) is 4.69. The molecule has 1 aromatic carbocycles. The van der Waals surface area contributed by atoms with Crippen LogP contribution < -0.4 is 11.3 Å². The quantitative estimate of drug-likeness (QED) is 0.860. The van der Waals surface area contributed by atoms with Gasteiger partial charge in [-0.25, -0.2) is 0 Å². The van der Waals surface area contributed by atoms with Crippen molar-refractivity contribution in [2.45, 2.75) is 20.3 Å². The van der Waals surface area contributed by atoms with Crippen LogP contribution in [0.25, 0.3) is 11.3 Å². The fraction of sp³-hybridized carbons (Fsp3) is 0.357. The van der Waals surface area contributed by atoms with Crippen molar-refractivity contribution < 1.29 is 0 Å². The van der Waals surface area contributed by atoms with Gasteiger partial charge in [0, 0.05) is 18.2 Å². The minimum absolute atomic E-state index is 0.00965. The second-order valence-corrected chi connectivity index (χ2v) is 4.69. The van der Waals surface area contributed by atoms with E-state index in [2.05, 4.69) is 37.1 Å². The summed E-state index contributed by atoms with van der Waals surface area (Å²) in [6.07, 6.45) is 0.596. The first-order chi connectivity index (χ1) is 8.54. The van der Waals surface area contributed by atoms with Gasteiger partial charge in [0.2, 0.25) is 0 Å². The minimum atomic E-state index is 0.00965. The fourth-order valence-electron chi connectivity index (χ4n) is 2.29. The van der Waals surface area contributed by atoms with Crippen molar-refractivity contribution in [3.63, 3.8) is 0 Å². The van der Waals surface area contributed by atoms with Gasteiger partial charge in [0.15, 0.2) is 0 Å². The summed E-state index contributed by atoms with van der Waals surface area (Å²) in [6.45, 7) is 4.59. The Labute approximate surface area is 106 Å². The van der Waals surface area contributed by atoms with Crippen molar-refractivity contribution >= 4 is 0 Å². The summed E-state index contributed by atoms with van der Waals surface area (Å²) in [5.41, 5.74) is 10.7. The molecule has 0 saturated carbocycles. The van der Waals surface area contributed by atoms with Gasteiger partial charge in [-0.2, -0.15) is 0 Å². The van der Waals surface area contributed by atoms with Gasteiger partial charge in [0.1, 0.15) is 0 Å². The first kappa shape index (κ1) is 12.6. The number of nitrogens with one attached hydrogen (secondary N) is 1. The normalized spacial score (nSPS) is 10.9. The average molecular weight is 245 g/mol. The Balaban J connectivity index is 2.63. The Morgan fingerprint density at radius 3 is 2.67 bits per heavy atom. The lowest BCUT2D eigenvalue weighted by Gasteiger charge is -2.07. The second kappa shape index (κ2) is 4.82. The van der Waals surface area contributed by atoms with Gasteiger partial charge in [-0.15, -0.1) is 0 Å². The third-order valence-electron chi connectivity index (χ3n) is 3.19. The summed E-state index contributed by atoms with van der Waals surface area (Å²) in [7, 11) is 1.73. The van der Waals surface area contributed by atoms with E-state index in [1.54, 1.807) is 7.05 Å². The highest BCUT2D eigenvalue weighted by Gasteiger charge is 2.14. The molecule has 0 amide bonds. The maximum absolute atomic E-state index is 12.0. The largest absolute Gasteiger partial charge is 0.330 e. The number of aromatic amines is 1.